The lowest BCUT2D eigenvalue weighted by atomic mass is 10.1. The monoisotopic (exact) mass is 271 g/mol. The van der Waals surface area contributed by atoms with Gasteiger partial charge in [0.2, 0.25) is 0 Å². The zero-order valence-corrected chi connectivity index (χ0v) is 10.9. The summed E-state index contributed by atoms with van der Waals surface area (Å²) < 4.78 is 0.348. The van der Waals surface area contributed by atoms with Crippen LogP contribution in [-0.2, 0) is 14.7 Å². The first-order chi connectivity index (χ1) is 8.22. The highest BCUT2D eigenvalue weighted by molar-refractivity contribution is 8.26. The maximum absolute atomic E-state index is 11.9. The van der Waals surface area contributed by atoms with Crippen LogP contribution >= 0.6 is 24.0 Å². The Morgan fingerprint density at radius 2 is 2.18 bits per heavy atom. The van der Waals surface area contributed by atoms with Gasteiger partial charge in [0.15, 0.2) is 4.32 Å². The summed E-state index contributed by atoms with van der Waals surface area (Å²) in [7, 11) is 0. The Morgan fingerprint density at radius 3 is 2.82 bits per heavy atom. The summed E-state index contributed by atoms with van der Waals surface area (Å²) in [5, 5.41) is 0.975. The number of nitrogens with zero attached hydrogens (tertiary/aromatic N) is 1. The van der Waals surface area contributed by atoms with Gasteiger partial charge in [0.1, 0.15) is 6.26 Å². The zero-order valence-electron chi connectivity index (χ0n) is 9.26. The second-order valence-corrected chi connectivity index (χ2v) is 5.56. The molecule has 0 bridgehead atoms. The standard InChI is InChI=1S/C11H13NO3S2/c1-2-14-15-12-10(13)9(17-11(12)16)7-8-5-3-4-6-8/h2,7-8H,1,3-6H2. The fraction of sp³-hybridized carbons (Fsp3) is 0.455. The summed E-state index contributed by atoms with van der Waals surface area (Å²) >= 11 is 6.29. The van der Waals surface area contributed by atoms with Crippen LogP contribution < -0.4 is 0 Å². The van der Waals surface area contributed by atoms with Gasteiger partial charge in [-0.25, -0.2) is 0 Å². The van der Waals surface area contributed by atoms with Crippen molar-refractivity contribution in [2.45, 2.75) is 25.7 Å². The van der Waals surface area contributed by atoms with Crippen molar-refractivity contribution in [1.82, 2.24) is 5.06 Å². The van der Waals surface area contributed by atoms with Crippen LogP contribution in [-0.4, -0.2) is 15.3 Å². The van der Waals surface area contributed by atoms with Gasteiger partial charge in [-0.15, -0.1) is 5.06 Å². The van der Waals surface area contributed by atoms with E-state index in [0.29, 0.717) is 15.1 Å². The smallest absolute Gasteiger partial charge is 0.293 e. The normalized spacial score (nSPS) is 23.8. The number of thiocarbonyl (C=S) groups is 1. The molecule has 6 heteroatoms. The second-order valence-electron chi connectivity index (χ2n) is 3.88. The van der Waals surface area contributed by atoms with E-state index in [-0.39, 0.29) is 5.91 Å². The topological polar surface area (TPSA) is 38.8 Å². The van der Waals surface area contributed by atoms with Crippen LogP contribution in [0, 0.1) is 5.92 Å². The minimum Gasteiger partial charge on any atom is -0.322 e. The van der Waals surface area contributed by atoms with Crippen molar-refractivity contribution < 1.29 is 14.7 Å². The average Bonchev–Trinajstić information content (AvgIpc) is 2.89. The SMILES string of the molecule is C=COON1C(=O)C(=CC2CCCC2)SC1=S. The molecule has 0 aromatic carbocycles. The Balaban J connectivity index is 2.03. The molecule has 1 aliphatic carbocycles. The van der Waals surface area contributed by atoms with E-state index in [1.54, 1.807) is 0 Å². The number of hydrogen-bond donors (Lipinski definition) is 0. The third-order valence-corrected chi connectivity index (χ3v) is 4.02. The Bertz CT molecular complexity index is 375. The summed E-state index contributed by atoms with van der Waals surface area (Å²) in [6.07, 6.45) is 7.86. The Kier molecular flexibility index (Phi) is 4.20. The van der Waals surface area contributed by atoms with Crippen molar-refractivity contribution in [3.05, 3.63) is 23.8 Å². The van der Waals surface area contributed by atoms with Crippen LogP contribution in [0.15, 0.2) is 23.8 Å². The number of thioether (sulfide) groups is 1. The highest BCUT2D eigenvalue weighted by Crippen LogP contribution is 2.35. The van der Waals surface area contributed by atoms with Crippen LogP contribution in [0.5, 0.6) is 0 Å². The molecule has 2 rings (SSSR count). The van der Waals surface area contributed by atoms with Gasteiger partial charge in [-0.2, -0.15) is 0 Å². The number of carbonyl (C=O) groups is 1. The van der Waals surface area contributed by atoms with E-state index in [0.717, 1.165) is 24.2 Å². The van der Waals surface area contributed by atoms with Gasteiger partial charge in [-0.3, -0.25) is 4.79 Å². The molecule has 2 fully saturated rings. The molecule has 1 heterocycles. The highest BCUT2D eigenvalue weighted by Gasteiger charge is 2.35. The molecule has 0 atom stereocenters. The van der Waals surface area contributed by atoms with Crippen molar-refractivity contribution in [2.75, 3.05) is 0 Å². The molecule has 1 saturated carbocycles. The van der Waals surface area contributed by atoms with Crippen LogP contribution in [0.25, 0.3) is 0 Å². The molecule has 0 unspecified atom stereocenters. The van der Waals surface area contributed by atoms with Crippen LogP contribution in [0.1, 0.15) is 25.7 Å². The van der Waals surface area contributed by atoms with E-state index in [9.17, 15) is 4.79 Å². The zero-order chi connectivity index (χ0) is 12.3. The first-order valence-electron chi connectivity index (χ1n) is 5.45. The van der Waals surface area contributed by atoms with Crippen molar-refractivity contribution in [3.8, 4) is 0 Å². The number of hydrogen-bond acceptors (Lipinski definition) is 5. The van der Waals surface area contributed by atoms with Gasteiger partial charge < -0.3 is 4.89 Å². The highest BCUT2D eigenvalue weighted by atomic mass is 32.2. The predicted molar refractivity (Wildman–Crippen MR) is 69.4 cm³/mol. The van der Waals surface area contributed by atoms with Gasteiger partial charge in [0.05, 0.1) is 4.91 Å². The minimum atomic E-state index is -0.256. The molecule has 1 saturated heterocycles. The van der Waals surface area contributed by atoms with Gasteiger partial charge in [0, 0.05) is 0 Å². The van der Waals surface area contributed by atoms with E-state index < -0.39 is 0 Å². The lowest BCUT2D eigenvalue weighted by molar-refractivity contribution is -0.350. The maximum atomic E-state index is 11.9. The molecule has 0 aromatic heterocycles. The summed E-state index contributed by atoms with van der Waals surface area (Å²) in [6, 6.07) is 0. The summed E-state index contributed by atoms with van der Waals surface area (Å²) in [6.45, 7) is 3.32. The van der Waals surface area contributed by atoms with E-state index in [2.05, 4.69) is 11.5 Å². The average molecular weight is 271 g/mol. The third-order valence-electron chi connectivity index (χ3n) is 2.73. The molecule has 0 aromatic rings. The summed E-state index contributed by atoms with van der Waals surface area (Å²) in [5.74, 6) is 0.235. The van der Waals surface area contributed by atoms with Crippen molar-refractivity contribution in [2.24, 2.45) is 5.92 Å². The summed E-state index contributed by atoms with van der Waals surface area (Å²) in [4.78, 5) is 21.8. The van der Waals surface area contributed by atoms with Crippen molar-refractivity contribution in [3.63, 3.8) is 0 Å². The maximum Gasteiger partial charge on any atom is 0.293 e. The predicted octanol–water partition coefficient (Wildman–Crippen LogP) is 2.93. The lowest BCUT2D eigenvalue weighted by Gasteiger charge is -2.09. The number of allylic oxidation sites excluding steroid dienone is 1. The number of carbonyl (C=O) groups excluding carboxylic acids is 1. The molecule has 0 spiro atoms. The molecular formula is C11H13NO3S2. The van der Waals surface area contributed by atoms with E-state index in [4.69, 9.17) is 17.2 Å². The molecule has 17 heavy (non-hydrogen) atoms. The third kappa shape index (κ3) is 2.88. The number of amides is 1. The van der Waals surface area contributed by atoms with Gasteiger partial charge in [-0.05, 0) is 31.0 Å². The van der Waals surface area contributed by atoms with Gasteiger partial charge in [0.25, 0.3) is 5.91 Å². The van der Waals surface area contributed by atoms with E-state index in [1.807, 2.05) is 6.08 Å². The van der Waals surface area contributed by atoms with E-state index in [1.165, 1.54) is 24.6 Å². The Morgan fingerprint density at radius 1 is 1.47 bits per heavy atom. The lowest BCUT2D eigenvalue weighted by Crippen LogP contribution is -2.27. The molecule has 1 amide bonds. The quantitative estimate of drug-likeness (QED) is 0.258. The van der Waals surface area contributed by atoms with Crippen LogP contribution in [0.4, 0.5) is 0 Å². The van der Waals surface area contributed by atoms with Crippen LogP contribution in [0.2, 0.25) is 0 Å². The number of rotatable bonds is 4. The molecular weight excluding hydrogens is 258 g/mol. The summed E-state index contributed by atoms with van der Waals surface area (Å²) in [5.41, 5.74) is 0. The van der Waals surface area contributed by atoms with E-state index >= 15 is 0 Å². The second kappa shape index (κ2) is 5.66. The molecule has 0 N–H and O–H groups in total. The number of hydroxylamine groups is 2. The van der Waals surface area contributed by atoms with Crippen LogP contribution in [0.3, 0.4) is 0 Å². The largest absolute Gasteiger partial charge is 0.322 e. The fourth-order valence-corrected chi connectivity index (χ4v) is 3.14. The molecule has 1 aliphatic heterocycles. The van der Waals surface area contributed by atoms with Crippen molar-refractivity contribution in [1.29, 1.82) is 0 Å². The Labute approximate surface area is 110 Å². The van der Waals surface area contributed by atoms with Crippen molar-refractivity contribution >= 4 is 34.2 Å². The molecule has 4 nitrogen and oxygen atoms in total. The first kappa shape index (κ1) is 12.6. The minimum absolute atomic E-state index is 0.256. The first-order valence-corrected chi connectivity index (χ1v) is 6.67. The molecule has 92 valence electrons. The molecule has 2 aliphatic rings. The van der Waals surface area contributed by atoms with Gasteiger partial charge in [-0.1, -0.05) is 42.2 Å². The molecule has 0 radical (unpaired) electrons. The Hall–Kier alpha value is -0.850. The fourth-order valence-electron chi connectivity index (χ4n) is 1.94. The van der Waals surface area contributed by atoms with Gasteiger partial charge >= 0.3 is 0 Å².